The number of carbonyl (C=O) groups is 2. The van der Waals surface area contributed by atoms with E-state index in [4.69, 9.17) is 5.11 Å². The van der Waals surface area contributed by atoms with E-state index in [1.54, 1.807) is 40.1 Å². The van der Waals surface area contributed by atoms with Gasteiger partial charge in [-0.1, -0.05) is 64.1 Å². The topological polar surface area (TPSA) is 385 Å². The van der Waals surface area contributed by atoms with Crippen LogP contribution >= 0.6 is 0 Å². The summed E-state index contributed by atoms with van der Waals surface area (Å²) in [6.45, 7) is 6.38. The molecule has 0 amide bonds. The number of fused-ring (bicyclic) bond motifs is 3. The summed E-state index contributed by atoms with van der Waals surface area (Å²) in [5, 5.41) is 19.4. The van der Waals surface area contributed by atoms with Crippen molar-refractivity contribution < 1.29 is 76.0 Å². The molecule has 10 aromatic rings. The van der Waals surface area contributed by atoms with E-state index in [1.165, 1.54) is 110 Å². The summed E-state index contributed by atoms with van der Waals surface area (Å²) in [5.74, 6) is -4.34. The number of benzene rings is 4. The molecule has 484 valence electrons. The van der Waals surface area contributed by atoms with Crippen molar-refractivity contribution in [3.8, 4) is 0 Å². The predicted molar refractivity (Wildman–Crippen MR) is 336 cm³/mol. The number of H-pyrrole nitrogens is 4. The number of nitrogens with one attached hydrogen (secondary N) is 8. The summed E-state index contributed by atoms with van der Waals surface area (Å²) in [5.41, 5.74) is 2.90. The number of sulfonamides is 4. The lowest BCUT2D eigenvalue weighted by Crippen LogP contribution is -2.18. The number of aldehydes is 1. The fourth-order valence-electron chi connectivity index (χ4n) is 8.31. The first kappa shape index (κ1) is 70.8. The lowest BCUT2D eigenvalue weighted by Gasteiger charge is -2.14. The normalized spacial score (nSPS) is 11.8. The highest BCUT2D eigenvalue weighted by atomic mass is 32.2. The number of nitrogens with zero attached hydrogens (tertiary/aromatic N) is 5. The van der Waals surface area contributed by atoms with Gasteiger partial charge in [-0.25, -0.2) is 76.2 Å². The first-order valence-corrected chi connectivity index (χ1v) is 34.2. The number of carbonyl (C=O) groups excluding carboxylic acids is 2. The quantitative estimate of drug-likeness (QED) is 0.0174. The summed E-state index contributed by atoms with van der Waals surface area (Å²) in [4.78, 5) is 55.2. The maximum Gasteiger partial charge on any atom is 0.303 e. The van der Waals surface area contributed by atoms with E-state index in [-0.39, 0.29) is 73.6 Å². The van der Waals surface area contributed by atoms with E-state index in [2.05, 4.69) is 63.7 Å². The van der Waals surface area contributed by atoms with Gasteiger partial charge in [-0.2, -0.15) is 0 Å². The molecule has 6 heterocycles. The number of aromatic amines is 4. The van der Waals surface area contributed by atoms with Gasteiger partial charge in [0.15, 0.2) is 52.1 Å². The number of hydrogen-bond acceptors (Lipinski definition) is 17. The first-order valence-electron chi connectivity index (χ1n) is 27.6. The average molecular weight is 1340 g/mol. The molecule has 4 aromatic carbocycles. The third-order valence-electron chi connectivity index (χ3n) is 12.3. The largest absolute Gasteiger partial charge is 0.392 e. The highest BCUT2D eigenvalue weighted by Gasteiger charge is 2.25. The van der Waals surface area contributed by atoms with Crippen LogP contribution in [0.2, 0.25) is 0 Å². The number of aliphatic hydroxyl groups excluding tert-OH is 2. The average Bonchev–Trinajstić information content (AvgIpc) is 1.82. The van der Waals surface area contributed by atoms with E-state index in [0.717, 1.165) is 11.2 Å². The van der Waals surface area contributed by atoms with Gasteiger partial charge in [-0.15, -0.1) is 0 Å². The number of aromatic nitrogens is 9. The number of anilines is 4. The molecule has 6 aromatic heterocycles. The molecule has 1 unspecified atom stereocenters. The molecule has 0 fully saturated rings. The molecule has 0 aliphatic heterocycles. The molecule has 0 radical (unpaired) electrons. The third kappa shape index (κ3) is 19.6. The summed E-state index contributed by atoms with van der Waals surface area (Å²) in [6, 6.07) is 18.3. The molecular weight excluding hydrogens is 1270 g/mol. The van der Waals surface area contributed by atoms with Crippen molar-refractivity contribution in [1.29, 1.82) is 0 Å². The van der Waals surface area contributed by atoms with Crippen LogP contribution < -0.4 is 23.9 Å². The molecule has 0 aliphatic rings. The van der Waals surface area contributed by atoms with Crippen molar-refractivity contribution in [2.24, 2.45) is 0 Å². The second-order valence-corrected chi connectivity index (χ2v) is 26.7. The Labute approximate surface area is 520 Å². The van der Waals surface area contributed by atoms with Crippen LogP contribution in [0.15, 0.2) is 135 Å². The predicted octanol–water partition coefficient (Wildman–Crippen LogP) is 8.45. The number of ketones is 1. The van der Waals surface area contributed by atoms with Gasteiger partial charge in [0.25, 0.3) is 0 Å². The van der Waals surface area contributed by atoms with Crippen molar-refractivity contribution >= 4 is 108 Å². The molecule has 1 atom stereocenters. The summed E-state index contributed by atoms with van der Waals surface area (Å²) >= 11 is 0. The lowest BCUT2D eigenvalue weighted by atomic mass is 10.0. The Kier molecular flexibility index (Phi) is 25.3. The number of rotatable bonds is 22. The van der Waals surface area contributed by atoms with E-state index in [0.29, 0.717) is 59.9 Å². The standard InChI is InChI=1S/C16H17FN4O3S.C16H15FN4O3S.C10H14FNO3S.C10H12FNO3S.C6H5N3/c2*1-2-8-25(23,24)21-12-5-3-4-10(13(12)17)15(22)11-9-20-16-14(11)18-6-7-19-16;2*1-2-6-16(14,15)12-9-5-3-4-8(7-13)10(9)11;1-2-8-6-5(1)7-3-4-9-6/h3-7,9,15,21-22H,2,8H2,1H3,(H,19,20);3-7,9,21H,2,8H2,1H3,(H,19,20);3-5,12-13H,2,6-7H2,1H3;3-5,7,12H,2,6H2,1H3;1-4H,(H,8,9)/p+1. The van der Waals surface area contributed by atoms with Crippen LogP contribution in [0.1, 0.15) is 102 Å². The van der Waals surface area contributed by atoms with Gasteiger partial charge in [-0.3, -0.25) is 38.4 Å². The highest BCUT2D eigenvalue weighted by Crippen LogP contribution is 2.32. The smallest absolute Gasteiger partial charge is 0.303 e. The zero-order valence-electron chi connectivity index (χ0n) is 49.1. The summed E-state index contributed by atoms with van der Waals surface area (Å²) in [7, 11) is -14.3. The van der Waals surface area contributed by atoms with Crippen LogP contribution in [0.4, 0.5) is 40.3 Å². The van der Waals surface area contributed by atoms with E-state index >= 15 is 0 Å². The maximum atomic E-state index is 14.8. The number of hydrogen-bond donors (Lipinski definition) is 9. The molecule has 25 nitrogen and oxygen atoms in total. The summed E-state index contributed by atoms with van der Waals surface area (Å²) < 4.78 is 158. The fraction of sp³-hybridized carbons (Fsp3) is 0.241. The molecule has 0 aliphatic carbocycles. The minimum atomic E-state index is -3.67. The van der Waals surface area contributed by atoms with Crippen LogP contribution in [0.5, 0.6) is 0 Å². The Bertz CT molecular complexity index is 4570. The van der Waals surface area contributed by atoms with Gasteiger partial charge in [0.1, 0.15) is 23.3 Å². The van der Waals surface area contributed by atoms with Crippen molar-refractivity contribution in [1.82, 2.24) is 39.9 Å². The van der Waals surface area contributed by atoms with Gasteiger partial charge >= 0.3 is 5.65 Å². The molecule has 0 spiro atoms. The van der Waals surface area contributed by atoms with Crippen molar-refractivity contribution in [2.75, 3.05) is 41.9 Å². The molecule has 10 N–H and O–H groups in total. The summed E-state index contributed by atoms with van der Waals surface area (Å²) in [6.07, 6.45) is 14.9. The zero-order chi connectivity index (χ0) is 66.5. The maximum absolute atomic E-state index is 14.8. The van der Waals surface area contributed by atoms with Crippen molar-refractivity contribution in [3.05, 3.63) is 191 Å². The zero-order valence-corrected chi connectivity index (χ0v) is 52.3. The lowest BCUT2D eigenvalue weighted by molar-refractivity contribution is -0.348. The minimum Gasteiger partial charge on any atom is -0.392 e. The van der Waals surface area contributed by atoms with E-state index in [9.17, 15) is 65.9 Å². The number of aliphatic hydroxyl groups is 2. The van der Waals surface area contributed by atoms with Gasteiger partial charge in [0.05, 0.1) is 81.5 Å². The van der Waals surface area contributed by atoms with Crippen LogP contribution in [0, 0.1) is 23.3 Å². The highest BCUT2D eigenvalue weighted by molar-refractivity contribution is 7.93. The van der Waals surface area contributed by atoms with Crippen LogP contribution in [-0.2, 0) is 46.7 Å². The molecule has 0 saturated heterocycles. The second kappa shape index (κ2) is 32.5. The van der Waals surface area contributed by atoms with E-state index in [1.807, 2.05) is 12.3 Å². The second-order valence-electron chi connectivity index (χ2n) is 19.3. The van der Waals surface area contributed by atoms with E-state index < -0.39 is 81.9 Å². The molecular formula is C58H64F4N13O12S4+. The van der Waals surface area contributed by atoms with Gasteiger partial charge < -0.3 is 20.2 Å². The molecule has 91 heavy (non-hydrogen) atoms. The monoisotopic (exact) mass is 1340 g/mol. The SMILES string of the molecule is CCCS(=O)(=O)Nc1cccc(C(=O)c2c[nH]c3nccnc23)c1F.CCCS(=O)(=O)Nc1cccc(C(O)c2c[nH]c3nccnc23)c1F.CCCS(=O)(=O)Nc1cccc(C=O)c1F.CCCS(=O)(=O)Nc1cccc(CO)c1F.c1c[nH+]c2[nH]ccc2n1. The van der Waals surface area contributed by atoms with Gasteiger partial charge in [-0.05, 0) is 62.1 Å². The first-order chi connectivity index (χ1) is 43.3. The molecule has 33 heteroatoms. The Hall–Kier alpha value is -9.28. The van der Waals surface area contributed by atoms with Crippen LogP contribution in [0.3, 0.4) is 0 Å². The Morgan fingerprint density at radius 3 is 1.55 bits per heavy atom. The molecule has 10 rings (SSSR count). The van der Waals surface area contributed by atoms with Crippen LogP contribution in [0.25, 0.3) is 33.5 Å². The number of halogens is 4. The van der Waals surface area contributed by atoms with Crippen molar-refractivity contribution in [2.45, 2.75) is 66.1 Å². The fourth-order valence-corrected chi connectivity index (χ4v) is 12.8. The third-order valence-corrected chi connectivity index (χ3v) is 18.3. The van der Waals surface area contributed by atoms with Crippen LogP contribution in [-0.4, -0.2) is 119 Å². The van der Waals surface area contributed by atoms with Gasteiger partial charge in [0.2, 0.25) is 40.1 Å². The molecule has 0 saturated carbocycles. The Balaban J connectivity index is 0.000000187. The molecule has 0 bridgehead atoms. The minimum absolute atomic E-state index is 0.0525. The Morgan fingerprint density at radius 2 is 1.01 bits per heavy atom. The Morgan fingerprint density at radius 1 is 0.538 bits per heavy atom. The van der Waals surface area contributed by atoms with Crippen molar-refractivity contribution in [3.63, 3.8) is 0 Å². The van der Waals surface area contributed by atoms with Gasteiger partial charge in [0, 0.05) is 59.9 Å².